The Balaban J connectivity index is 3.24. The maximum Gasteiger partial charge on any atom is 0.234 e. The number of nitrogens with one attached hydrogen (secondary N) is 2. The quantitative estimate of drug-likeness (QED) is 0.315. The number of rotatable bonds is 5. The molecule has 0 aromatic heterocycles. The highest BCUT2D eigenvalue weighted by Crippen LogP contribution is 1.64. The maximum absolute atomic E-state index is 10.7. The molecule has 0 spiro atoms. The summed E-state index contributed by atoms with van der Waals surface area (Å²) in [5.74, 6) is -0.173. The van der Waals surface area contributed by atoms with E-state index in [1.807, 2.05) is 6.07 Å². The number of hydrogen-bond donors (Lipinski definition) is 2. The summed E-state index contributed by atoms with van der Waals surface area (Å²) in [4.78, 5) is 10.7. The van der Waals surface area contributed by atoms with E-state index >= 15 is 0 Å². The molecule has 60 valence electrons. The van der Waals surface area contributed by atoms with Crippen molar-refractivity contribution in [3.05, 3.63) is 12.7 Å². The second-order valence-electron chi connectivity index (χ2n) is 1.85. The minimum atomic E-state index is -0.173. The lowest BCUT2D eigenvalue weighted by Crippen LogP contribution is -2.33. The lowest BCUT2D eigenvalue weighted by atomic mass is 10.5. The summed E-state index contributed by atoms with van der Waals surface area (Å²) in [6.45, 7) is 4.36. The number of nitrogens with zero attached hydrogens (tertiary/aromatic N) is 1. The third-order valence-corrected chi connectivity index (χ3v) is 0.939. The maximum atomic E-state index is 10.7. The highest BCUT2D eigenvalue weighted by molar-refractivity contribution is 5.78. The molecule has 0 aromatic carbocycles. The van der Waals surface area contributed by atoms with Gasteiger partial charge in [-0.1, -0.05) is 6.08 Å². The molecule has 4 heteroatoms. The van der Waals surface area contributed by atoms with Crippen molar-refractivity contribution in [2.24, 2.45) is 0 Å². The first-order valence-electron chi connectivity index (χ1n) is 3.26. The summed E-state index contributed by atoms with van der Waals surface area (Å²) in [5, 5.41) is 13.3. The van der Waals surface area contributed by atoms with Crippen LogP contribution >= 0.6 is 0 Å². The van der Waals surface area contributed by atoms with Gasteiger partial charge in [-0.25, -0.2) is 0 Å². The standard InChI is InChI=1S/C7H11N3O/c1-2-4-9-6-7(11)10-5-3-8/h2,9H,1,4-6H2,(H,10,11). The molecule has 1 amide bonds. The van der Waals surface area contributed by atoms with Gasteiger partial charge in [-0.15, -0.1) is 6.58 Å². The van der Waals surface area contributed by atoms with E-state index in [0.29, 0.717) is 6.54 Å². The molecule has 0 atom stereocenters. The fourth-order valence-corrected chi connectivity index (χ4v) is 0.488. The SMILES string of the molecule is C=CCNCC(=O)NCC#N. The van der Waals surface area contributed by atoms with E-state index in [9.17, 15) is 4.79 Å². The minimum Gasteiger partial charge on any atom is -0.342 e. The Bertz CT molecular complexity index is 171. The normalized spacial score (nSPS) is 8.27. The van der Waals surface area contributed by atoms with Gasteiger partial charge in [-0.3, -0.25) is 4.79 Å². The number of nitriles is 1. The molecule has 0 aliphatic carbocycles. The molecule has 0 radical (unpaired) electrons. The van der Waals surface area contributed by atoms with Crippen LogP contribution in [0.25, 0.3) is 0 Å². The van der Waals surface area contributed by atoms with E-state index in [2.05, 4.69) is 17.2 Å². The van der Waals surface area contributed by atoms with Crippen LogP contribution in [0, 0.1) is 11.3 Å². The monoisotopic (exact) mass is 153 g/mol. The molecule has 4 nitrogen and oxygen atoms in total. The van der Waals surface area contributed by atoms with Crippen molar-refractivity contribution in [1.82, 2.24) is 10.6 Å². The van der Waals surface area contributed by atoms with Gasteiger partial charge in [0.25, 0.3) is 0 Å². The number of hydrogen-bond acceptors (Lipinski definition) is 3. The Morgan fingerprint density at radius 3 is 3.00 bits per heavy atom. The lowest BCUT2D eigenvalue weighted by Gasteiger charge is -1.99. The fourth-order valence-electron chi connectivity index (χ4n) is 0.488. The zero-order valence-corrected chi connectivity index (χ0v) is 6.26. The largest absolute Gasteiger partial charge is 0.342 e. The van der Waals surface area contributed by atoms with E-state index in [4.69, 9.17) is 5.26 Å². The first-order chi connectivity index (χ1) is 5.31. The molecule has 2 N–H and O–H groups in total. The number of carbonyl (C=O) groups is 1. The van der Waals surface area contributed by atoms with Gasteiger partial charge in [-0.2, -0.15) is 5.26 Å². The van der Waals surface area contributed by atoms with Crippen molar-refractivity contribution in [2.75, 3.05) is 19.6 Å². The Morgan fingerprint density at radius 1 is 1.73 bits per heavy atom. The van der Waals surface area contributed by atoms with Crippen molar-refractivity contribution in [3.63, 3.8) is 0 Å². The summed E-state index contributed by atoms with van der Waals surface area (Å²) in [7, 11) is 0. The van der Waals surface area contributed by atoms with E-state index in [1.165, 1.54) is 0 Å². The lowest BCUT2D eigenvalue weighted by molar-refractivity contribution is -0.119. The fraction of sp³-hybridized carbons (Fsp3) is 0.429. The van der Waals surface area contributed by atoms with Crippen molar-refractivity contribution in [2.45, 2.75) is 0 Å². The summed E-state index contributed by atoms with van der Waals surface area (Å²) in [5.41, 5.74) is 0. The van der Waals surface area contributed by atoms with Gasteiger partial charge < -0.3 is 10.6 Å². The van der Waals surface area contributed by atoms with Crippen LogP contribution in [0.5, 0.6) is 0 Å². The Kier molecular flexibility index (Phi) is 5.95. The topological polar surface area (TPSA) is 64.9 Å². The number of carbonyl (C=O) groups excluding carboxylic acids is 1. The summed E-state index contributed by atoms with van der Waals surface area (Å²) >= 11 is 0. The van der Waals surface area contributed by atoms with Crippen molar-refractivity contribution in [3.8, 4) is 6.07 Å². The van der Waals surface area contributed by atoms with Gasteiger partial charge in [0, 0.05) is 6.54 Å². The smallest absolute Gasteiger partial charge is 0.234 e. The first-order valence-corrected chi connectivity index (χ1v) is 3.26. The molecule has 0 saturated heterocycles. The molecule has 0 aromatic rings. The average Bonchev–Trinajstić information content (AvgIpc) is 2.01. The van der Waals surface area contributed by atoms with Crippen LogP contribution in [0.1, 0.15) is 0 Å². The van der Waals surface area contributed by atoms with E-state index in [0.717, 1.165) is 0 Å². The molecule has 0 aliphatic rings. The average molecular weight is 153 g/mol. The number of amides is 1. The highest BCUT2D eigenvalue weighted by Gasteiger charge is 1.95. The third kappa shape index (κ3) is 6.55. The van der Waals surface area contributed by atoms with E-state index < -0.39 is 0 Å². The minimum absolute atomic E-state index is 0.0641. The molecule has 0 aliphatic heterocycles. The van der Waals surface area contributed by atoms with Crippen molar-refractivity contribution < 1.29 is 4.79 Å². The Hall–Kier alpha value is -1.34. The van der Waals surface area contributed by atoms with Gasteiger partial charge in [0.05, 0.1) is 12.6 Å². The van der Waals surface area contributed by atoms with Gasteiger partial charge in [0.2, 0.25) is 5.91 Å². The van der Waals surface area contributed by atoms with Crippen LogP contribution in [0.2, 0.25) is 0 Å². The third-order valence-electron chi connectivity index (χ3n) is 0.939. The van der Waals surface area contributed by atoms with Crippen LogP contribution < -0.4 is 10.6 Å². The summed E-state index contributed by atoms with van der Waals surface area (Å²) in [6, 6.07) is 1.81. The first kappa shape index (κ1) is 9.66. The van der Waals surface area contributed by atoms with Crippen LogP contribution in [0.4, 0.5) is 0 Å². The van der Waals surface area contributed by atoms with Gasteiger partial charge in [0.1, 0.15) is 6.54 Å². The van der Waals surface area contributed by atoms with Crippen molar-refractivity contribution in [1.29, 1.82) is 5.26 Å². The second kappa shape index (κ2) is 6.78. The van der Waals surface area contributed by atoms with E-state index in [1.54, 1.807) is 6.08 Å². The highest BCUT2D eigenvalue weighted by atomic mass is 16.1. The second-order valence-corrected chi connectivity index (χ2v) is 1.85. The molecule has 0 fully saturated rings. The molecule has 0 heterocycles. The zero-order valence-electron chi connectivity index (χ0n) is 6.26. The summed E-state index contributed by atoms with van der Waals surface area (Å²) < 4.78 is 0. The molecule has 0 unspecified atom stereocenters. The van der Waals surface area contributed by atoms with Gasteiger partial charge in [0.15, 0.2) is 0 Å². The van der Waals surface area contributed by atoms with Gasteiger partial charge in [-0.05, 0) is 0 Å². The molecule has 0 rings (SSSR count). The molecular weight excluding hydrogens is 142 g/mol. The van der Waals surface area contributed by atoms with E-state index in [-0.39, 0.29) is 19.0 Å². The van der Waals surface area contributed by atoms with Crippen LogP contribution in [0.3, 0.4) is 0 Å². The molecule has 0 bridgehead atoms. The molecule has 0 saturated carbocycles. The molecular formula is C7H11N3O. The zero-order chi connectivity index (χ0) is 8.53. The van der Waals surface area contributed by atoms with Crippen LogP contribution in [-0.2, 0) is 4.79 Å². The Morgan fingerprint density at radius 2 is 2.45 bits per heavy atom. The predicted molar refractivity (Wildman–Crippen MR) is 41.7 cm³/mol. The Labute approximate surface area is 65.9 Å². The van der Waals surface area contributed by atoms with Crippen molar-refractivity contribution >= 4 is 5.91 Å². The van der Waals surface area contributed by atoms with Gasteiger partial charge >= 0.3 is 0 Å². The summed E-state index contributed by atoms with van der Waals surface area (Å²) in [6.07, 6.45) is 1.66. The van der Waals surface area contributed by atoms with Crippen LogP contribution in [0.15, 0.2) is 12.7 Å². The molecule has 11 heavy (non-hydrogen) atoms. The predicted octanol–water partition coefficient (Wildman–Crippen LogP) is -0.598. The van der Waals surface area contributed by atoms with Crippen LogP contribution in [-0.4, -0.2) is 25.5 Å².